The molecule has 0 aromatic heterocycles. The number of carbonyl (C=O) groups excluding carboxylic acids is 1. The highest BCUT2D eigenvalue weighted by Gasteiger charge is 2.34. The van der Waals surface area contributed by atoms with Crippen molar-refractivity contribution in [2.75, 3.05) is 6.26 Å². The molecule has 3 atom stereocenters. The molecule has 6 heteroatoms. The summed E-state index contributed by atoms with van der Waals surface area (Å²) in [5, 5.41) is 15.3. The summed E-state index contributed by atoms with van der Waals surface area (Å²) in [5.41, 5.74) is 0. The summed E-state index contributed by atoms with van der Waals surface area (Å²) in [5.74, 6) is -0.499. The zero-order valence-electron chi connectivity index (χ0n) is 11.9. The second-order valence-corrected chi connectivity index (χ2v) is 6.90. The standard InChI is InChI=1S/C14H24N2O3S/c1-20-12-5-3-2-4-10(12)15-14(19)16-11(8-13(17)18)9-6-7-9/h9-12H,2-8H2,1H3,(H,17,18)(H2,15,16,19). The summed E-state index contributed by atoms with van der Waals surface area (Å²) in [6.45, 7) is 0. The summed E-state index contributed by atoms with van der Waals surface area (Å²) in [6.07, 6.45) is 8.70. The molecule has 20 heavy (non-hydrogen) atoms. The molecule has 0 aromatic carbocycles. The number of rotatable bonds is 6. The molecule has 0 aliphatic heterocycles. The minimum Gasteiger partial charge on any atom is -0.481 e. The van der Waals surface area contributed by atoms with Gasteiger partial charge in [-0.25, -0.2) is 4.79 Å². The number of carboxylic acids is 1. The van der Waals surface area contributed by atoms with Gasteiger partial charge in [0.15, 0.2) is 0 Å². The van der Waals surface area contributed by atoms with Crippen molar-refractivity contribution >= 4 is 23.8 Å². The minimum atomic E-state index is -0.846. The molecule has 2 aliphatic carbocycles. The van der Waals surface area contributed by atoms with Crippen LogP contribution in [0.1, 0.15) is 44.9 Å². The van der Waals surface area contributed by atoms with Crippen LogP contribution in [0.3, 0.4) is 0 Å². The number of nitrogens with one attached hydrogen (secondary N) is 2. The number of carboxylic acid groups (broad SMARTS) is 1. The fraction of sp³-hybridized carbons (Fsp3) is 0.857. The van der Waals surface area contributed by atoms with E-state index in [2.05, 4.69) is 16.9 Å². The largest absolute Gasteiger partial charge is 0.481 e. The van der Waals surface area contributed by atoms with Crippen LogP contribution in [0.5, 0.6) is 0 Å². The highest BCUT2D eigenvalue weighted by molar-refractivity contribution is 7.99. The van der Waals surface area contributed by atoms with Gasteiger partial charge in [-0.3, -0.25) is 4.79 Å². The number of amides is 2. The van der Waals surface area contributed by atoms with Gasteiger partial charge in [-0.05, 0) is 37.9 Å². The molecule has 2 saturated carbocycles. The molecule has 0 radical (unpaired) electrons. The van der Waals surface area contributed by atoms with E-state index in [1.807, 2.05) is 11.8 Å². The van der Waals surface area contributed by atoms with Crippen molar-refractivity contribution < 1.29 is 14.7 Å². The van der Waals surface area contributed by atoms with E-state index in [4.69, 9.17) is 5.11 Å². The minimum absolute atomic E-state index is 0.0225. The SMILES string of the molecule is CSC1CCCCC1NC(=O)NC(CC(=O)O)C1CC1. The molecule has 2 aliphatic rings. The smallest absolute Gasteiger partial charge is 0.315 e. The van der Waals surface area contributed by atoms with Gasteiger partial charge in [0.2, 0.25) is 0 Å². The third kappa shape index (κ3) is 4.58. The Balaban J connectivity index is 1.82. The highest BCUT2D eigenvalue weighted by atomic mass is 32.2. The van der Waals surface area contributed by atoms with Gasteiger partial charge in [-0.15, -0.1) is 0 Å². The second kappa shape index (κ2) is 7.20. The lowest BCUT2D eigenvalue weighted by Gasteiger charge is -2.31. The number of urea groups is 1. The van der Waals surface area contributed by atoms with Crippen LogP contribution in [-0.4, -0.2) is 40.7 Å². The fourth-order valence-electron chi connectivity index (χ4n) is 2.94. The molecule has 114 valence electrons. The topological polar surface area (TPSA) is 78.4 Å². The first-order valence-electron chi connectivity index (χ1n) is 7.41. The fourth-order valence-corrected chi connectivity index (χ4v) is 3.88. The molecule has 2 fully saturated rings. The Morgan fingerprint density at radius 2 is 1.95 bits per heavy atom. The average Bonchev–Trinajstić information content (AvgIpc) is 3.22. The van der Waals surface area contributed by atoms with Gasteiger partial charge < -0.3 is 15.7 Å². The Labute approximate surface area is 124 Å². The molecule has 0 aromatic rings. The number of carbonyl (C=O) groups is 2. The van der Waals surface area contributed by atoms with E-state index in [-0.39, 0.29) is 24.5 Å². The molecule has 3 N–H and O–H groups in total. The maximum absolute atomic E-state index is 12.1. The summed E-state index contributed by atoms with van der Waals surface area (Å²) in [6, 6.07) is -0.207. The lowest BCUT2D eigenvalue weighted by molar-refractivity contribution is -0.137. The first-order chi connectivity index (χ1) is 9.60. The maximum atomic E-state index is 12.1. The summed E-state index contributed by atoms with van der Waals surface area (Å²) in [7, 11) is 0. The maximum Gasteiger partial charge on any atom is 0.315 e. The van der Waals surface area contributed by atoms with Crippen molar-refractivity contribution in [3.05, 3.63) is 0 Å². The van der Waals surface area contributed by atoms with Crippen LogP contribution in [0.4, 0.5) is 4.79 Å². The molecule has 2 amide bonds. The first-order valence-corrected chi connectivity index (χ1v) is 8.70. The van der Waals surface area contributed by atoms with Crippen LogP contribution >= 0.6 is 11.8 Å². The monoisotopic (exact) mass is 300 g/mol. The Hall–Kier alpha value is -0.910. The van der Waals surface area contributed by atoms with Crippen LogP contribution in [0, 0.1) is 5.92 Å². The summed E-state index contributed by atoms with van der Waals surface area (Å²) >= 11 is 1.81. The molecular formula is C14H24N2O3S. The van der Waals surface area contributed by atoms with Crippen molar-refractivity contribution in [1.82, 2.24) is 10.6 Å². The van der Waals surface area contributed by atoms with Crippen LogP contribution < -0.4 is 10.6 Å². The Bertz CT molecular complexity index is 360. The van der Waals surface area contributed by atoms with Crippen LogP contribution in [-0.2, 0) is 4.79 Å². The summed E-state index contributed by atoms with van der Waals surface area (Å²) < 4.78 is 0. The lowest BCUT2D eigenvalue weighted by atomic mass is 9.95. The van der Waals surface area contributed by atoms with Crippen molar-refractivity contribution in [1.29, 1.82) is 0 Å². The predicted molar refractivity (Wildman–Crippen MR) is 80.0 cm³/mol. The zero-order valence-corrected chi connectivity index (χ0v) is 12.7. The van der Waals surface area contributed by atoms with Crippen LogP contribution in [0.25, 0.3) is 0 Å². The summed E-state index contributed by atoms with van der Waals surface area (Å²) in [4.78, 5) is 22.9. The van der Waals surface area contributed by atoms with E-state index < -0.39 is 5.97 Å². The quantitative estimate of drug-likeness (QED) is 0.703. The number of hydrogen-bond acceptors (Lipinski definition) is 3. The molecule has 5 nitrogen and oxygen atoms in total. The zero-order chi connectivity index (χ0) is 14.5. The molecule has 0 spiro atoms. The van der Waals surface area contributed by atoms with Gasteiger partial charge in [0, 0.05) is 17.3 Å². The molecule has 2 rings (SSSR count). The lowest BCUT2D eigenvalue weighted by Crippen LogP contribution is -2.51. The Kier molecular flexibility index (Phi) is 5.57. The van der Waals surface area contributed by atoms with E-state index in [9.17, 15) is 9.59 Å². The molecule has 3 unspecified atom stereocenters. The number of thioether (sulfide) groups is 1. The number of hydrogen-bond donors (Lipinski definition) is 3. The predicted octanol–water partition coefficient (Wildman–Crippen LogP) is 2.21. The molecule has 0 heterocycles. The third-order valence-corrected chi connectivity index (χ3v) is 5.39. The van der Waals surface area contributed by atoms with Gasteiger partial charge in [0.25, 0.3) is 0 Å². The van der Waals surface area contributed by atoms with Gasteiger partial charge in [-0.2, -0.15) is 11.8 Å². The molecule has 0 bridgehead atoms. The van der Waals surface area contributed by atoms with E-state index in [0.717, 1.165) is 32.1 Å². The van der Waals surface area contributed by atoms with Crippen molar-refractivity contribution in [3.63, 3.8) is 0 Å². The Morgan fingerprint density at radius 3 is 2.55 bits per heavy atom. The van der Waals surface area contributed by atoms with Gasteiger partial charge in [-0.1, -0.05) is 12.8 Å². The van der Waals surface area contributed by atoms with E-state index >= 15 is 0 Å². The average molecular weight is 300 g/mol. The highest BCUT2D eigenvalue weighted by Crippen LogP contribution is 2.34. The van der Waals surface area contributed by atoms with Crippen molar-refractivity contribution in [2.45, 2.75) is 62.3 Å². The van der Waals surface area contributed by atoms with Gasteiger partial charge >= 0.3 is 12.0 Å². The molecular weight excluding hydrogens is 276 g/mol. The third-order valence-electron chi connectivity index (χ3n) is 4.22. The van der Waals surface area contributed by atoms with E-state index in [0.29, 0.717) is 11.2 Å². The van der Waals surface area contributed by atoms with Crippen molar-refractivity contribution in [2.24, 2.45) is 5.92 Å². The van der Waals surface area contributed by atoms with Crippen molar-refractivity contribution in [3.8, 4) is 0 Å². The van der Waals surface area contributed by atoms with E-state index in [1.165, 1.54) is 6.42 Å². The second-order valence-electron chi connectivity index (χ2n) is 5.82. The van der Waals surface area contributed by atoms with E-state index in [1.54, 1.807) is 0 Å². The number of aliphatic carboxylic acids is 1. The normalized spacial score (nSPS) is 27.6. The first kappa shape index (κ1) is 15.5. The molecule has 0 saturated heterocycles. The Morgan fingerprint density at radius 1 is 1.25 bits per heavy atom. The van der Waals surface area contributed by atoms with Gasteiger partial charge in [0.05, 0.1) is 6.42 Å². The van der Waals surface area contributed by atoms with Gasteiger partial charge in [0.1, 0.15) is 0 Å². The van der Waals surface area contributed by atoms with Crippen LogP contribution in [0.2, 0.25) is 0 Å². The van der Waals surface area contributed by atoms with Crippen LogP contribution in [0.15, 0.2) is 0 Å².